The highest BCUT2D eigenvalue weighted by molar-refractivity contribution is 7.08. The van der Waals surface area contributed by atoms with E-state index >= 15 is 0 Å². The molecule has 4 nitrogen and oxygen atoms in total. The van der Waals surface area contributed by atoms with Gasteiger partial charge in [0.05, 0.1) is 11.2 Å². The maximum absolute atomic E-state index is 5.98. The lowest BCUT2D eigenvalue weighted by Gasteiger charge is -2.04. The fraction of sp³-hybridized carbons (Fsp3) is 0.0385. The first-order chi connectivity index (χ1) is 15.2. The van der Waals surface area contributed by atoms with Crippen molar-refractivity contribution in [3.05, 3.63) is 95.4 Å². The Hall–Kier alpha value is -3.83. The number of nitrogens with one attached hydrogen (secondary N) is 2. The van der Waals surface area contributed by atoms with Gasteiger partial charge in [-0.15, -0.1) is 0 Å². The molecule has 0 saturated carbocycles. The van der Waals surface area contributed by atoms with E-state index in [4.69, 9.17) is 5.73 Å². The van der Waals surface area contributed by atoms with Crippen LogP contribution in [-0.4, -0.2) is 15.2 Å². The van der Waals surface area contributed by atoms with E-state index in [1.54, 1.807) is 17.4 Å². The number of allylic oxidation sites excluding steroid dienone is 4. The third-order valence-electron chi connectivity index (χ3n) is 5.52. The molecule has 5 heteroatoms. The Labute approximate surface area is 184 Å². The van der Waals surface area contributed by atoms with Crippen molar-refractivity contribution >= 4 is 38.7 Å². The van der Waals surface area contributed by atoms with Crippen LogP contribution in [0.1, 0.15) is 12.5 Å². The van der Waals surface area contributed by atoms with E-state index in [2.05, 4.69) is 81.1 Å². The lowest BCUT2D eigenvalue weighted by atomic mass is 10.0. The summed E-state index contributed by atoms with van der Waals surface area (Å²) in [6, 6.07) is 17.0. The number of fused-ring (bicyclic) bond motifs is 2. The van der Waals surface area contributed by atoms with Crippen molar-refractivity contribution < 1.29 is 0 Å². The number of H-pyrrole nitrogens is 2. The van der Waals surface area contributed by atoms with Gasteiger partial charge in [0.15, 0.2) is 0 Å². The monoisotopic (exact) mass is 422 g/mol. The van der Waals surface area contributed by atoms with E-state index in [9.17, 15) is 0 Å². The fourth-order valence-electron chi connectivity index (χ4n) is 3.92. The zero-order valence-corrected chi connectivity index (χ0v) is 18.0. The third kappa shape index (κ3) is 3.39. The topological polar surface area (TPSA) is 70.5 Å². The molecule has 0 amide bonds. The number of nitrogens with two attached hydrogens (primary N) is 1. The van der Waals surface area contributed by atoms with E-state index in [0.29, 0.717) is 5.70 Å². The van der Waals surface area contributed by atoms with Crippen molar-refractivity contribution in [2.45, 2.75) is 6.92 Å². The minimum absolute atomic E-state index is 0.636. The van der Waals surface area contributed by atoms with E-state index in [-0.39, 0.29) is 0 Å². The van der Waals surface area contributed by atoms with Gasteiger partial charge in [0.25, 0.3) is 0 Å². The number of thiophene rings is 1. The molecule has 0 fully saturated rings. The maximum atomic E-state index is 5.98. The van der Waals surface area contributed by atoms with Gasteiger partial charge >= 0.3 is 0 Å². The molecule has 0 saturated heterocycles. The lowest BCUT2D eigenvalue weighted by Crippen LogP contribution is -1.93. The van der Waals surface area contributed by atoms with Crippen molar-refractivity contribution in [3.8, 4) is 22.5 Å². The van der Waals surface area contributed by atoms with Crippen LogP contribution in [0.2, 0.25) is 0 Å². The summed E-state index contributed by atoms with van der Waals surface area (Å²) in [5.41, 5.74) is 15.2. The van der Waals surface area contributed by atoms with Crippen molar-refractivity contribution in [2.24, 2.45) is 5.73 Å². The number of aromatic amines is 2. The Kier molecular flexibility index (Phi) is 4.81. The number of benzene rings is 2. The number of hydrogen-bond acceptors (Lipinski definition) is 3. The normalized spacial score (nSPS) is 12.7. The van der Waals surface area contributed by atoms with Crippen LogP contribution in [0.25, 0.3) is 49.9 Å². The molecule has 0 aliphatic rings. The SMILES string of the molecule is C=C/C(N)=C\C(=C/C)c1ccc2[nH]nc(-c3cc4c(-c5ccsc5)cccc4[nH]3)c2c1. The van der Waals surface area contributed by atoms with E-state index in [0.717, 1.165) is 38.9 Å². The predicted molar refractivity (Wildman–Crippen MR) is 133 cm³/mol. The largest absolute Gasteiger partial charge is 0.399 e. The second kappa shape index (κ2) is 7.78. The van der Waals surface area contributed by atoms with E-state index in [1.807, 2.05) is 19.1 Å². The highest BCUT2D eigenvalue weighted by Gasteiger charge is 2.14. The molecule has 2 aromatic carbocycles. The average Bonchev–Trinajstić information content (AvgIpc) is 3.55. The van der Waals surface area contributed by atoms with Gasteiger partial charge in [0.2, 0.25) is 0 Å². The first kappa shape index (κ1) is 19.2. The number of aromatic nitrogens is 3. The van der Waals surface area contributed by atoms with Gasteiger partial charge in [0.1, 0.15) is 5.69 Å². The standard InChI is InChI=1S/C26H22N4S/c1-3-16(12-19(27)4-2)17-8-9-24-22(13-17)26(30-29-24)25-14-21-20(18-10-11-31-15-18)6-5-7-23(21)28-25/h3-15,28H,2,27H2,1H3,(H,29,30)/b16-3+,19-12+. The van der Waals surface area contributed by atoms with Crippen LogP contribution in [0.15, 0.2) is 89.8 Å². The second-order valence-corrected chi connectivity index (χ2v) is 8.17. The molecule has 5 rings (SSSR count). The highest BCUT2D eigenvalue weighted by Crippen LogP contribution is 2.35. The van der Waals surface area contributed by atoms with Gasteiger partial charge in [-0.3, -0.25) is 5.10 Å². The van der Waals surface area contributed by atoms with Crippen molar-refractivity contribution in [2.75, 3.05) is 0 Å². The smallest absolute Gasteiger partial charge is 0.116 e. The Morgan fingerprint density at radius 1 is 1.10 bits per heavy atom. The van der Waals surface area contributed by atoms with E-state index < -0.39 is 0 Å². The molecule has 0 aliphatic heterocycles. The maximum Gasteiger partial charge on any atom is 0.116 e. The van der Waals surface area contributed by atoms with Crippen LogP contribution in [0.3, 0.4) is 0 Å². The molecule has 0 aliphatic carbocycles. The first-order valence-corrected chi connectivity index (χ1v) is 11.0. The molecule has 0 spiro atoms. The van der Waals surface area contributed by atoms with Crippen molar-refractivity contribution in [1.82, 2.24) is 15.2 Å². The zero-order valence-electron chi connectivity index (χ0n) is 17.1. The van der Waals surface area contributed by atoms with Gasteiger partial charge in [-0.2, -0.15) is 16.4 Å². The van der Waals surface area contributed by atoms with Gasteiger partial charge in [-0.1, -0.05) is 30.9 Å². The van der Waals surface area contributed by atoms with Gasteiger partial charge in [-0.05, 0) is 82.4 Å². The fourth-order valence-corrected chi connectivity index (χ4v) is 4.58. The molecular weight excluding hydrogens is 400 g/mol. The van der Waals surface area contributed by atoms with Crippen LogP contribution in [0, 0.1) is 0 Å². The van der Waals surface area contributed by atoms with Crippen LogP contribution >= 0.6 is 11.3 Å². The van der Waals surface area contributed by atoms with Crippen molar-refractivity contribution in [3.63, 3.8) is 0 Å². The molecule has 0 unspecified atom stereocenters. The number of rotatable bonds is 5. The predicted octanol–water partition coefficient (Wildman–Crippen LogP) is 6.87. The summed E-state index contributed by atoms with van der Waals surface area (Å²) < 4.78 is 0. The number of hydrogen-bond donors (Lipinski definition) is 3. The summed E-state index contributed by atoms with van der Waals surface area (Å²) >= 11 is 1.71. The van der Waals surface area contributed by atoms with Crippen LogP contribution < -0.4 is 5.73 Å². The minimum atomic E-state index is 0.636. The lowest BCUT2D eigenvalue weighted by molar-refractivity contribution is 1.12. The molecule has 4 N–H and O–H groups in total. The van der Waals surface area contributed by atoms with Gasteiger partial charge < -0.3 is 10.7 Å². The Morgan fingerprint density at radius 3 is 2.77 bits per heavy atom. The van der Waals surface area contributed by atoms with Crippen LogP contribution in [0.5, 0.6) is 0 Å². The summed E-state index contributed by atoms with van der Waals surface area (Å²) in [7, 11) is 0. The Morgan fingerprint density at radius 2 is 2.00 bits per heavy atom. The van der Waals surface area contributed by atoms with Crippen LogP contribution in [-0.2, 0) is 0 Å². The molecule has 0 radical (unpaired) electrons. The minimum Gasteiger partial charge on any atom is -0.399 e. The summed E-state index contributed by atoms with van der Waals surface area (Å²) in [6.07, 6.45) is 5.64. The average molecular weight is 423 g/mol. The summed E-state index contributed by atoms with van der Waals surface area (Å²) in [4.78, 5) is 3.56. The Balaban J connectivity index is 1.65. The molecule has 0 atom stereocenters. The van der Waals surface area contributed by atoms with E-state index in [1.165, 1.54) is 16.5 Å². The highest BCUT2D eigenvalue weighted by atomic mass is 32.1. The Bertz CT molecular complexity index is 1460. The molecule has 31 heavy (non-hydrogen) atoms. The van der Waals surface area contributed by atoms with Gasteiger partial charge in [-0.25, -0.2) is 0 Å². The molecule has 0 bridgehead atoms. The second-order valence-electron chi connectivity index (χ2n) is 7.39. The molecule has 3 heterocycles. The van der Waals surface area contributed by atoms with Crippen LogP contribution in [0.4, 0.5) is 0 Å². The molecule has 3 aromatic heterocycles. The zero-order chi connectivity index (χ0) is 21.4. The van der Waals surface area contributed by atoms with Gasteiger partial charge in [0, 0.05) is 22.0 Å². The summed E-state index contributed by atoms with van der Waals surface area (Å²) in [5.74, 6) is 0. The first-order valence-electron chi connectivity index (χ1n) is 10.1. The van der Waals surface area contributed by atoms with Crippen molar-refractivity contribution in [1.29, 1.82) is 0 Å². The number of nitrogens with zero attached hydrogens (tertiary/aromatic N) is 1. The summed E-state index contributed by atoms with van der Waals surface area (Å²) in [6.45, 7) is 5.75. The quantitative estimate of drug-likeness (QED) is 0.270. The molecule has 5 aromatic rings. The molecular formula is C26H22N4S. The third-order valence-corrected chi connectivity index (χ3v) is 6.20. The molecule has 152 valence electrons. The summed E-state index contributed by atoms with van der Waals surface area (Å²) in [5, 5.41) is 14.3.